The Hall–Kier alpha value is -2.73. The van der Waals surface area contributed by atoms with E-state index >= 15 is 0 Å². The van der Waals surface area contributed by atoms with Gasteiger partial charge >= 0.3 is 0 Å². The third-order valence-corrected chi connectivity index (χ3v) is 9.74. The van der Waals surface area contributed by atoms with Crippen LogP contribution < -0.4 is 5.32 Å². The molecule has 1 heterocycles. The highest BCUT2D eigenvalue weighted by molar-refractivity contribution is 6.47. The number of halogens is 2. The van der Waals surface area contributed by atoms with Crippen molar-refractivity contribution in [2.75, 3.05) is 6.54 Å². The van der Waals surface area contributed by atoms with Crippen LogP contribution in [0.25, 0.3) is 0 Å². The van der Waals surface area contributed by atoms with E-state index in [0.717, 1.165) is 63.4 Å². The van der Waals surface area contributed by atoms with Gasteiger partial charge in [0.15, 0.2) is 0 Å². The summed E-state index contributed by atoms with van der Waals surface area (Å²) in [6.07, 6.45) is 8.19. The molecule has 0 bridgehead atoms. The molecule has 7 heteroatoms. The van der Waals surface area contributed by atoms with Gasteiger partial charge in [0.05, 0.1) is 11.1 Å². The minimum atomic E-state index is -0.682. The molecule has 2 aromatic rings. The Labute approximate surface area is 250 Å². The van der Waals surface area contributed by atoms with E-state index in [1.807, 2.05) is 29.2 Å². The zero-order chi connectivity index (χ0) is 29.8. The first kappa shape index (κ1) is 31.2. The van der Waals surface area contributed by atoms with Gasteiger partial charge < -0.3 is 10.2 Å². The van der Waals surface area contributed by atoms with Crippen LogP contribution in [0.2, 0.25) is 5.02 Å². The number of nitrogens with one attached hydrogen (secondary N) is 1. The van der Waals surface area contributed by atoms with E-state index in [0.29, 0.717) is 29.3 Å². The maximum atomic E-state index is 14.5. The Morgan fingerprint density at radius 1 is 1.12 bits per heavy atom. The average Bonchev–Trinajstić information content (AvgIpc) is 3.24. The molecule has 41 heavy (non-hydrogen) atoms. The first-order chi connectivity index (χ1) is 19.6. The molecule has 1 N–H and O–H groups in total. The van der Waals surface area contributed by atoms with Crippen molar-refractivity contribution in [3.05, 3.63) is 70.0 Å². The van der Waals surface area contributed by atoms with Gasteiger partial charge in [-0.25, -0.2) is 4.39 Å². The van der Waals surface area contributed by atoms with E-state index in [-0.39, 0.29) is 28.3 Å². The number of hydrogen-bond acceptors (Lipinski definition) is 3. The maximum absolute atomic E-state index is 14.5. The summed E-state index contributed by atoms with van der Waals surface area (Å²) in [7, 11) is 0. The molecule has 2 aromatic carbocycles. The molecule has 1 spiro atoms. The predicted octanol–water partition coefficient (Wildman–Crippen LogP) is 8.50. The third-order valence-electron chi connectivity index (χ3n) is 9.43. The monoisotopic (exact) mass is 581 g/mol. The minimum Gasteiger partial charge on any atom is -0.352 e. The summed E-state index contributed by atoms with van der Waals surface area (Å²) in [6, 6.07) is 11.9. The van der Waals surface area contributed by atoms with Crippen LogP contribution in [0.1, 0.15) is 120 Å². The Bertz CT molecular complexity index is 1270. The number of carbonyl (C=O) groups is 2. The molecule has 1 unspecified atom stereocenters. The van der Waals surface area contributed by atoms with Crippen molar-refractivity contribution in [1.29, 1.82) is 0 Å². The van der Waals surface area contributed by atoms with Crippen LogP contribution in [-0.4, -0.2) is 34.6 Å². The zero-order valence-electron chi connectivity index (χ0n) is 25.2. The van der Waals surface area contributed by atoms with E-state index < -0.39 is 11.5 Å². The predicted molar refractivity (Wildman–Crippen MR) is 165 cm³/mol. The molecule has 0 aromatic heterocycles. The van der Waals surface area contributed by atoms with Gasteiger partial charge in [0.2, 0.25) is 0 Å². The highest BCUT2D eigenvalue weighted by atomic mass is 35.5. The molecule has 2 aliphatic rings. The van der Waals surface area contributed by atoms with Crippen LogP contribution in [0.5, 0.6) is 0 Å². The molecule has 5 nitrogen and oxygen atoms in total. The van der Waals surface area contributed by atoms with Crippen LogP contribution in [0.3, 0.4) is 0 Å². The van der Waals surface area contributed by atoms with Crippen LogP contribution in [0.4, 0.5) is 4.39 Å². The van der Waals surface area contributed by atoms with E-state index in [2.05, 4.69) is 39.9 Å². The smallest absolute Gasteiger partial charge is 0.275 e. The highest BCUT2D eigenvalue weighted by Gasteiger charge is 2.52. The number of carbonyl (C=O) groups excluding carboxylic acids is 2. The van der Waals surface area contributed by atoms with Gasteiger partial charge in [0, 0.05) is 17.7 Å². The van der Waals surface area contributed by atoms with Crippen molar-refractivity contribution in [1.82, 2.24) is 10.2 Å². The molecule has 222 valence electrons. The lowest BCUT2D eigenvalue weighted by molar-refractivity contribution is -0.133. The molecule has 4 rings (SSSR count). The number of unbranched alkanes of at least 4 members (excludes halogenated alkanes) is 1. The van der Waals surface area contributed by atoms with Crippen molar-refractivity contribution in [2.45, 2.75) is 104 Å². The Kier molecular flexibility index (Phi) is 9.94. The van der Waals surface area contributed by atoms with Gasteiger partial charge in [-0.2, -0.15) is 0 Å². The zero-order valence-corrected chi connectivity index (χ0v) is 26.0. The summed E-state index contributed by atoms with van der Waals surface area (Å²) in [5.41, 5.74) is 1.90. The maximum Gasteiger partial charge on any atom is 0.275 e. The lowest BCUT2D eigenvalue weighted by Crippen LogP contribution is -2.51. The van der Waals surface area contributed by atoms with Crippen LogP contribution in [0, 0.1) is 17.2 Å². The largest absolute Gasteiger partial charge is 0.352 e. The van der Waals surface area contributed by atoms with Crippen molar-refractivity contribution in [3.63, 3.8) is 0 Å². The normalized spacial score (nSPS) is 21.7. The van der Waals surface area contributed by atoms with E-state index in [1.165, 1.54) is 12.1 Å². The second-order valence-electron chi connectivity index (χ2n) is 12.4. The van der Waals surface area contributed by atoms with Crippen molar-refractivity contribution in [2.24, 2.45) is 16.3 Å². The Morgan fingerprint density at radius 3 is 2.39 bits per heavy atom. The van der Waals surface area contributed by atoms with Gasteiger partial charge in [-0.15, -0.1) is 0 Å². The molecular formula is C34H45ClFN3O2. The van der Waals surface area contributed by atoms with E-state index in [9.17, 15) is 14.0 Å². The van der Waals surface area contributed by atoms with Crippen LogP contribution in [0.15, 0.2) is 47.5 Å². The first-order valence-corrected chi connectivity index (χ1v) is 15.7. The third kappa shape index (κ3) is 6.53. The van der Waals surface area contributed by atoms with E-state index in [1.54, 1.807) is 6.07 Å². The van der Waals surface area contributed by atoms with E-state index in [4.69, 9.17) is 16.6 Å². The molecule has 1 aliphatic heterocycles. The summed E-state index contributed by atoms with van der Waals surface area (Å²) >= 11 is 5.97. The van der Waals surface area contributed by atoms with Gasteiger partial charge in [-0.05, 0) is 79.7 Å². The molecule has 1 fully saturated rings. The molecule has 0 radical (unpaired) electrons. The summed E-state index contributed by atoms with van der Waals surface area (Å²) in [6.45, 7) is 11.8. The molecule has 1 aliphatic carbocycles. The van der Waals surface area contributed by atoms with Crippen LogP contribution >= 0.6 is 11.6 Å². The number of aliphatic imine (C=N–C) groups is 1. The van der Waals surface area contributed by atoms with Crippen molar-refractivity contribution >= 4 is 29.1 Å². The summed E-state index contributed by atoms with van der Waals surface area (Å²) in [5, 5.41) is 3.00. The number of hydrogen-bond donors (Lipinski definition) is 1. The second-order valence-corrected chi connectivity index (χ2v) is 12.8. The molecular weight excluding hydrogens is 537 g/mol. The Balaban J connectivity index is 1.70. The molecule has 1 atom stereocenters. The number of benzene rings is 2. The summed E-state index contributed by atoms with van der Waals surface area (Å²) in [4.78, 5) is 34.1. The van der Waals surface area contributed by atoms with Crippen LogP contribution in [-0.2, 0) is 4.79 Å². The minimum absolute atomic E-state index is 0.0244. The van der Waals surface area contributed by atoms with Gasteiger partial charge in [-0.3, -0.25) is 14.6 Å². The fraction of sp³-hybridized carbons (Fsp3) is 0.559. The average molecular weight is 582 g/mol. The van der Waals surface area contributed by atoms with Gasteiger partial charge in [0.1, 0.15) is 17.2 Å². The fourth-order valence-electron chi connectivity index (χ4n) is 6.43. The van der Waals surface area contributed by atoms with Gasteiger partial charge in [-0.1, -0.05) is 83.7 Å². The topological polar surface area (TPSA) is 61.8 Å². The second kappa shape index (κ2) is 13.1. The summed E-state index contributed by atoms with van der Waals surface area (Å²) < 4.78 is 14.5. The highest BCUT2D eigenvalue weighted by Crippen LogP contribution is 2.50. The first-order valence-electron chi connectivity index (χ1n) is 15.3. The summed E-state index contributed by atoms with van der Waals surface area (Å²) in [5.74, 6) is -0.256. The lowest BCUT2D eigenvalue weighted by atomic mass is 9.67. The Morgan fingerprint density at radius 2 is 1.80 bits per heavy atom. The quantitative estimate of drug-likeness (QED) is 0.270. The van der Waals surface area contributed by atoms with Crippen molar-refractivity contribution in [3.8, 4) is 0 Å². The fourth-order valence-corrected chi connectivity index (χ4v) is 6.55. The molecule has 0 saturated heterocycles. The number of nitrogens with zero attached hydrogens (tertiary/aromatic N) is 2. The van der Waals surface area contributed by atoms with Crippen molar-refractivity contribution < 1.29 is 14.0 Å². The SMILES string of the molecule is CCCCNC(=O)c1ccc(C(CCC)N2C(=O)C(c3ccc(Cl)c(F)c3)=NC23CCC(C(C)(C)CC)CC3)cc1. The molecule has 2 amide bonds. The standard InChI is InChI=1S/C34H45ClFN3O2/c1-6-9-21-37-31(40)24-13-11-23(12-14-24)29(10-7-2)39-32(41)30(25-15-16-27(35)28(36)22-25)38-34(39)19-17-26(18-20-34)33(4,5)8-3/h11-16,22,26,29H,6-10,17-21H2,1-5H3,(H,37,40). The van der Waals surface area contributed by atoms with Gasteiger partial charge in [0.25, 0.3) is 11.8 Å². The number of rotatable bonds is 11. The number of amides is 2. The molecule has 1 saturated carbocycles. The lowest BCUT2D eigenvalue weighted by Gasteiger charge is -2.48.